The number of hydrogen-bond donors (Lipinski definition) is 1. The monoisotopic (exact) mass is 187 g/mol. The third-order valence-electron chi connectivity index (χ3n) is 0.984. The van der Waals surface area contributed by atoms with Gasteiger partial charge in [0.2, 0.25) is 0 Å². The topological polar surface area (TPSA) is 61.5 Å². The summed E-state index contributed by atoms with van der Waals surface area (Å²) in [7, 11) is 0. The zero-order valence-corrected chi connectivity index (χ0v) is 8.53. The lowest BCUT2D eigenvalue weighted by Gasteiger charge is -2.09. The fraction of sp³-hybridized carbons (Fsp3) is 0.667. The minimum Gasteiger partial charge on any atom is -0.476 e. The van der Waals surface area contributed by atoms with E-state index in [1.54, 1.807) is 13.8 Å². The minimum absolute atomic E-state index is 0.0388. The molecular weight excluding hydrogens is 170 g/mol. The van der Waals surface area contributed by atoms with Crippen LogP contribution in [0.5, 0.6) is 0 Å². The molecule has 0 aliphatic carbocycles. The van der Waals surface area contributed by atoms with Gasteiger partial charge in [0.15, 0.2) is 5.88 Å². The Balaban J connectivity index is 3.99. The lowest BCUT2D eigenvalue weighted by atomic mass is 10.4. The molecule has 0 rings (SSSR count). The van der Waals surface area contributed by atoms with Crippen LogP contribution in [0.2, 0.25) is 0 Å². The number of rotatable bonds is 4. The van der Waals surface area contributed by atoms with Gasteiger partial charge < -0.3 is 15.2 Å². The fourth-order valence-electron chi connectivity index (χ4n) is 0.689. The maximum Gasteiger partial charge on any atom is 0.336 e. The first-order chi connectivity index (χ1) is 5.91. The van der Waals surface area contributed by atoms with Gasteiger partial charge in [-0.05, 0) is 27.7 Å². The van der Waals surface area contributed by atoms with E-state index in [4.69, 9.17) is 15.2 Å². The molecule has 0 saturated heterocycles. The smallest absolute Gasteiger partial charge is 0.336 e. The van der Waals surface area contributed by atoms with Crippen LogP contribution in [-0.2, 0) is 14.3 Å². The van der Waals surface area contributed by atoms with Crippen molar-refractivity contribution in [3.8, 4) is 0 Å². The average molecular weight is 187 g/mol. The molecule has 0 aromatic carbocycles. The second-order valence-electron chi connectivity index (χ2n) is 3.20. The minimum atomic E-state index is -0.479. The van der Waals surface area contributed by atoms with Crippen LogP contribution in [0, 0.1) is 0 Å². The number of esters is 1. The molecule has 0 unspecified atom stereocenters. The summed E-state index contributed by atoms with van der Waals surface area (Å²) in [6.07, 6.45) is 0.957. The summed E-state index contributed by atoms with van der Waals surface area (Å²) in [5, 5.41) is 0. The zero-order valence-electron chi connectivity index (χ0n) is 8.53. The second-order valence-corrected chi connectivity index (χ2v) is 3.20. The van der Waals surface area contributed by atoms with E-state index >= 15 is 0 Å². The summed E-state index contributed by atoms with van der Waals surface area (Å²) in [5.41, 5.74) is 5.39. The first-order valence-electron chi connectivity index (χ1n) is 4.26. The van der Waals surface area contributed by atoms with E-state index in [2.05, 4.69) is 0 Å². The standard InChI is InChI=1S/C9H17NO3/c1-6(2)12-8(10)5-9(11)13-7(3)4/h5-7H,10H2,1-4H3. The molecular formula is C9H17NO3. The lowest BCUT2D eigenvalue weighted by molar-refractivity contribution is -0.141. The predicted molar refractivity (Wildman–Crippen MR) is 49.7 cm³/mol. The lowest BCUT2D eigenvalue weighted by Crippen LogP contribution is -2.14. The SMILES string of the molecule is CC(C)OC(=O)C=C(N)OC(C)C. The highest BCUT2D eigenvalue weighted by Crippen LogP contribution is 1.97. The van der Waals surface area contributed by atoms with Crippen molar-refractivity contribution in [1.29, 1.82) is 0 Å². The molecule has 0 aromatic heterocycles. The molecule has 2 N–H and O–H groups in total. The largest absolute Gasteiger partial charge is 0.476 e. The Morgan fingerprint density at radius 2 is 1.62 bits per heavy atom. The number of hydrogen-bond acceptors (Lipinski definition) is 4. The quantitative estimate of drug-likeness (QED) is 0.407. The van der Waals surface area contributed by atoms with E-state index in [1.807, 2.05) is 13.8 Å². The van der Waals surface area contributed by atoms with Gasteiger partial charge >= 0.3 is 5.97 Å². The fourth-order valence-corrected chi connectivity index (χ4v) is 0.689. The molecule has 76 valence electrons. The Morgan fingerprint density at radius 3 is 2.00 bits per heavy atom. The van der Waals surface area contributed by atoms with Gasteiger partial charge in [-0.15, -0.1) is 0 Å². The summed E-state index contributed by atoms with van der Waals surface area (Å²) >= 11 is 0. The molecule has 4 nitrogen and oxygen atoms in total. The zero-order chi connectivity index (χ0) is 10.4. The van der Waals surface area contributed by atoms with Crippen molar-refractivity contribution in [2.75, 3.05) is 0 Å². The van der Waals surface area contributed by atoms with Crippen LogP contribution >= 0.6 is 0 Å². The van der Waals surface area contributed by atoms with Crippen molar-refractivity contribution in [3.63, 3.8) is 0 Å². The molecule has 0 fully saturated rings. The van der Waals surface area contributed by atoms with E-state index in [0.717, 1.165) is 6.08 Å². The molecule has 4 heteroatoms. The van der Waals surface area contributed by atoms with Crippen LogP contribution in [0.3, 0.4) is 0 Å². The van der Waals surface area contributed by atoms with Gasteiger partial charge in [-0.2, -0.15) is 0 Å². The number of carbonyl (C=O) groups is 1. The molecule has 0 aromatic rings. The highest BCUT2D eigenvalue weighted by Gasteiger charge is 2.04. The summed E-state index contributed by atoms with van der Waals surface area (Å²) in [4.78, 5) is 11.0. The van der Waals surface area contributed by atoms with Crippen LogP contribution in [0.25, 0.3) is 0 Å². The first-order valence-corrected chi connectivity index (χ1v) is 4.26. The molecule has 0 heterocycles. The Labute approximate surface area is 78.7 Å². The van der Waals surface area contributed by atoms with Crippen molar-refractivity contribution >= 4 is 5.97 Å². The van der Waals surface area contributed by atoms with Gasteiger partial charge in [0.1, 0.15) is 0 Å². The van der Waals surface area contributed by atoms with Gasteiger partial charge in [0.05, 0.1) is 18.3 Å². The Kier molecular flexibility index (Phi) is 4.96. The van der Waals surface area contributed by atoms with Gasteiger partial charge in [-0.1, -0.05) is 0 Å². The third-order valence-corrected chi connectivity index (χ3v) is 0.984. The average Bonchev–Trinajstić information content (AvgIpc) is 1.80. The summed E-state index contributed by atoms with van der Waals surface area (Å²) in [5.74, 6) is -0.395. The van der Waals surface area contributed by atoms with E-state index in [0.29, 0.717) is 0 Å². The Hall–Kier alpha value is -1.19. The molecule has 0 bridgehead atoms. The molecule has 0 amide bonds. The van der Waals surface area contributed by atoms with Crippen LogP contribution in [0.15, 0.2) is 12.0 Å². The molecule has 0 saturated carbocycles. The van der Waals surface area contributed by atoms with Crippen molar-refractivity contribution in [2.24, 2.45) is 5.73 Å². The summed E-state index contributed by atoms with van der Waals surface area (Å²) in [6, 6.07) is 0. The predicted octanol–water partition coefficient (Wildman–Crippen LogP) is 1.16. The van der Waals surface area contributed by atoms with Gasteiger partial charge in [-0.25, -0.2) is 4.79 Å². The number of carbonyl (C=O) groups excluding carboxylic acids is 1. The highest BCUT2D eigenvalue weighted by molar-refractivity contribution is 5.82. The molecule has 0 atom stereocenters. The van der Waals surface area contributed by atoms with Crippen molar-refractivity contribution in [1.82, 2.24) is 0 Å². The summed E-state index contributed by atoms with van der Waals surface area (Å²) in [6.45, 7) is 7.19. The third kappa shape index (κ3) is 7.18. The van der Waals surface area contributed by atoms with Gasteiger partial charge in [0, 0.05) is 0 Å². The van der Waals surface area contributed by atoms with E-state index < -0.39 is 5.97 Å². The summed E-state index contributed by atoms with van der Waals surface area (Å²) < 4.78 is 9.87. The number of ether oxygens (including phenoxy) is 2. The molecule has 13 heavy (non-hydrogen) atoms. The molecule has 0 aliphatic rings. The van der Waals surface area contributed by atoms with Crippen molar-refractivity contribution in [2.45, 2.75) is 39.9 Å². The second kappa shape index (κ2) is 5.45. The van der Waals surface area contributed by atoms with Crippen molar-refractivity contribution < 1.29 is 14.3 Å². The van der Waals surface area contributed by atoms with E-state index in [9.17, 15) is 4.79 Å². The Bertz CT molecular complexity index is 197. The first kappa shape index (κ1) is 11.8. The van der Waals surface area contributed by atoms with E-state index in [-0.39, 0.29) is 18.1 Å². The Morgan fingerprint density at radius 1 is 1.15 bits per heavy atom. The van der Waals surface area contributed by atoms with E-state index in [1.165, 1.54) is 0 Å². The van der Waals surface area contributed by atoms with Gasteiger partial charge in [-0.3, -0.25) is 0 Å². The van der Waals surface area contributed by atoms with Crippen LogP contribution in [-0.4, -0.2) is 18.2 Å². The number of nitrogens with two attached hydrogens (primary N) is 1. The maximum absolute atomic E-state index is 11.0. The van der Waals surface area contributed by atoms with Crippen LogP contribution < -0.4 is 5.73 Å². The maximum atomic E-state index is 11.0. The van der Waals surface area contributed by atoms with Crippen LogP contribution in [0.4, 0.5) is 0 Å². The molecule has 0 spiro atoms. The van der Waals surface area contributed by atoms with Gasteiger partial charge in [0.25, 0.3) is 0 Å². The van der Waals surface area contributed by atoms with Crippen molar-refractivity contribution in [3.05, 3.63) is 12.0 Å². The van der Waals surface area contributed by atoms with Crippen LogP contribution in [0.1, 0.15) is 27.7 Å². The normalized spacial score (nSPS) is 12.0. The molecule has 0 radical (unpaired) electrons. The highest BCUT2D eigenvalue weighted by atomic mass is 16.5. The molecule has 0 aliphatic heterocycles.